The first-order valence-electron chi connectivity index (χ1n) is 8.76. The molecule has 1 saturated heterocycles. The second-order valence-corrected chi connectivity index (χ2v) is 6.81. The number of nitrogens with one attached hydrogen (secondary N) is 1. The molecule has 7 nitrogen and oxygen atoms in total. The SMILES string of the molecule is Cc1nc(CN2CCN(Cc3nc4nccc(C)c4[nH]3)CC2)oc1C. The predicted octanol–water partition coefficient (Wildman–Crippen LogP) is 2.19. The lowest BCUT2D eigenvalue weighted by Crippen LogP contribution is -2.45. The lowest BCUT2D eigenvalue weighted by molar-refractivity contribution is 0.112. The third kappa shape index (κ3) is 3.43. The number of pyridine rings is 1. The molecular formula is C18H24N6O. The molecule has 0 radical (unpaired) electrons. The van der Waals surface area contributed by atoms with Gasteiger partial charge in [-0.15, -0.1) is 0 Å². The van der Waals surface area contributed by atoms with E-state index >= 15 is 0 Å². The highest BCUT2D eigenvalue weighted by molar-refractivity contribution is 5.74. The molecule has 0 amide bonds. The number of H-pyrrole nitrogens is 1. The van der Waals surface area contributed by atoms with Crippen molar-refractivity contribution in [3.63, 3.8) is 0 Å². The summed E-state index contributed by atoms with van der Waals surface area (Å²) in [6.45, 7) is 11.7. The molecule has 3 aromatic heterocycles. The van der Waals surface area contributed by atoms with Gasteiger partial charge in [-0.1, -0.05) is 0 Å². The molecule has 1 aliphatic rings. The number of piperazine rings is 1. The first-order valence-corrected chi connectivity index (χ1v) is 8.76. The summed E-state index contributed by atoms with van der Waals surface area (Å²) in [5.74, 6) is 2.73. The van der Waals surface area contributed by atoms with Gasteiger partial charge in [0.25, 0.3) is 0 Å². The molecule has 0 bridgehead atoms. The quantitative estimate of drug-likeness (QED) is 0.785. The number of hydrogen-bond donors (Lipinski definition) is 1. The van der Waals surface area contributed by atoms with E-state index in [9.17, 15) is 0 Å². The van der Waals surface area contributed by atoms with Gasteiger partial charge in [-0.05, 0) is 32.4 Å². The number of hydrogen-bond acceptors (Lipinski definition) is 6. The van der Waals surface area contributed by atoms with Crippen molar-refractivity contribution in [1.82, 2.24) is 29.7 Å². The highest BCUT2D eigenvalue weighted by Crippen LogP contribution is 2.16. The van der Waals surface area contributed by atoms with Crippen molar-refractivity contribution in [3.05, 3.63) is 41.0 Å². The minimum Gasteiger partial charge on any atom is -0.444 e. The Morgan fingerprint density at radius 3 is 2.40 bits per heavy atom. The van der Waals surface area contributed by atoms with Gasteiger partial charge in [0.2, 0.25) is 5.89 Å². The summed E-state index contributed by atoms with van der Waals surface area (Å²) < 4.78 is 5.70. The summed E-state index contributed by atoms with van der Waals surface area (Å²) in [5.41, 5.74) is 4.03. The smallest absolute Gasteiger partial charge is 0.208 e. The van der Waals surface area contributed by atoms with Crippen LogP contribution in [0.2, 0.25) is 0 Å². The molecule has 0 aromatic carbocycles. The molecule has 1 aliphatic heterocycles. The predicted molar refractivity (Wildman–Crippen MR) is 95.2 cm³/mol. The molecule has 0 atom stereocenters. The van der Waals surface area contributed by atoms with E-state index in [0.29, 0.717) is 0 Å². The van der Waals surface area contributed by atoms with E-state index in [1.54, 1.807) is 0 Å². The van der Waals surface area contributed by atoms with Crippen molar-refractivity contribution >= 4 is 11.2 Å². The highest BCUT2D eigenvalue weighted by Gasteiger charge is 2.20. The number of fused-ring (bicyclic) bond motifs is 1. The molecule has 1 N–H and O–H groups in total. The number of rotatable bonds is 4. The molecule has 1 fully saturated rings. The minimum atomic E-state index is 0.788. The standard InChI is InChI=1S/C18H24N6O/c1-12-4-5-19-18-17(12)21-15(22-18)10-23-6-8-24(9-7-23)11-16-20-13(2)14(3)25-16/h4-5H,6-11H2,1-3H3,(H,19,21,22). The van der Waals surface area contributed by atoms with Crippen molar-refractivity contribution in [2.75, 3.05) is 26.2 Å². The zero-order valence-corrected chi connectivity index (χ0v) is 15.0. The maximum absolute atomic E-state index is 5.70. The van der Waals surface area contributed by atoms with Gasteiger partial charge in [0, 0.05) is 32.4 Å². The van der Waals surface area contributed by atoms with Crippen molar-refractivity contribution in [2.45, 2.75) is 33.9 Å². The number of aromatic nitrogens is 4. The van der Waals surface area contributed by atoms with Gasteiger partial charge in [-0.2, -0.15) is 0 Å². The van der Waals surface area contributed by atoms with Crippen LogP contribution in [0.5, 0.6) is 0 Å². The van der Waals surface area contributed by atoms with Crippen LogP contribution in [0.25, 0.3) is 11.2 Å². The van der Waals surface area contributed by atoms with Crippen LogP contribution in [0.4, 0.5) is 0 Å². The van der Waals surface area contributed by atoms with E-state index in [2.05, 4.69) is 36.7 Å². The van der Waals surface area contributed by atoms with E-state index in [1.165, 1.54) is 5.56 Å². The number of imidazole rings is 1. The van der Waals surface area contributed by atoms with Gasteiger partial charge in [-0.25, -0.2) is 15.0 Å². The summed E-state index contributed by atoms with van der Waals surface area (Å²) in [6.07, 6.45) is 1.81. The van der Waals surface area contributed by atoms with Gasteiger partial charge < -0.3 is 9.40 Å². The second kappa shape index (κ2) is 6.57. The maximum Gasteiger partial charge on any atom is 0.208 e. The topological polar surface area (TPSA) is 74.1 Å². The van der Waals surface area contributed by atoms with Gasteiger partial charge >= 0.3 is 0 Å². The summed E-state index contributed by atoms with van der Waals surface area (Å²) in [7, 11) is 0. The largest absolute Gasteiger partial charge is 0.444 e. The molecule has 7 heteroatoms. The summed E-state index contributed by atoms with van der Waals surface area (Å²) >= 11 is 0. The Bertz CT molecular complexity index is 855. The van der Waals surface area contributed by atoms with Gasteiger partial charge in [-0.3, -0.25) is 9.80 Å². The lowest BCUT2D eigenvalue weighted by Gasteiger charge is -2.33. The fraction of sp³-hybridized carbons (Fsp3) is 0.500. The van der Waals surface area contributed by atoms with E-state index < -0.39 is 0 Å². The van der Waals surface area contributed by atoms with Crippen LogP contribution >= 0.6 is 0 Å². The fourth-order valence-electron chi connectivity index (χ4n) is 3.27. The van der Waals surface area contributed by atoms with Crippen LogP contribution in [0.1, 0.15) is 28.7 Å². The molecular weight excluding hydrogens is 316 g/mol. The van der Waals surface area contributed by atoms with Gasteiger partial charge in [0.15, 0.2) is 5.65 Å². The van der Waals surface area contributed by atoms with Crippen LogP contribution in [0.15, 0.2) is 16.7 Å². The molecule has 25 heavy (non-hydrogen) atoms. The van der Waals surface area contributed by atoms with Crippen LogP contribution in [-0.2, 0) is 13.1 Å². The van der Waals surface area contributed by atoms with E-state index in [-0.39, 0.29) is 0 Å². The molecule has 3 aromatic rings. The first kappa shape index (κ1) is 16.2. The van der Waals surface area contributed by atoms with Crippen molar-refractivity contribution in [1.29, 1.82) is 0 Å². The third-order valence-corrected chi connectivity index (χ3v) is 4.92. The zero-order valence-electron chi connectivity index (χ0n) is 15.0. The summed E-state index contributed by atoms with van der Waals surface area (Å²) in [5, 5.41) is 0. The second-order valence-electron chi connectivity index (χ2n) is 6.81. The van der Waals surface area contributed by atoms with Crippen LogP contribution in [0.3, 0.4) is 0 Å². The number of nitrogens with zero attached hydrogens (tertiary/aromatic N) is 5. The Morgan fingerprint density at radius 1 is 1.04 bits per heavy atom. The van der Waals surface area contributed by atoms with Crippen molar-refractivity contribution < 1.29 is 4.42 Å². The van der Waals surface area contributed by atoms with Gasteiger partial charge in [0.05, 0.1) is 24.3 Å². The average molecular weight is 340 g/mol. The third-order valence-electron chi connectivity index (χ3n) is 4.92. The van der Waals surface area contributed by atoms with Crippen LogP contribution in [0, 0.1) is 20.8 Å². The van der Waals surface area contributed by atoms with Crippen molar-refractivity contribution in [2.24, 2.45) is 0 Å². The summed E-state index contributed by atoms with van der Waals surface area (Å²) in [6, 6.07) is 2.01. The normalized spacial score (nSPS) is 16.8. The molecule has 0 spiro atoms. The molecule has 0 saturated carbocycles. The highest BCUT2D eigenvalue weighted by atomic mass is 16.4. The fourth-order valence-corrected chi connectivity index (χ4v) is 3.27. The van der Waals surface area contributed by atoms with E-state index in [1.807, 2.05) is 26.1 Å². The van der Waals surface area contributed by atoms with E-state index in [0.717, 1.165) is 73.6 Å². The molecule has 0 aliphatic carbocycles. The first-order chi connectivity index (χ1) is 12.1. The Kier molecular flexibility index (Phi) is 4.27. The number of aromatic amines is 1. The Hall–Kier alpha value is -2.25. The maximum atomic E-state index is 5.70. The summed E-state index contributed by atoms with van der Waals surface area (Å²) in [4.78, 5) is 21.7. The Morgan fingerprint density at radius 2 is 1.76 bits per heavy atom. The van der Waals surface area contributed by atoms with Gasteiger partial charge in [0.1, 0.15) is 11.6 Å². The molecule has 0 unspecified atom stereocenters. The zero-order chi connectivity index (χ0) is 17.4. The molecule has 132 valence electrons. The average Bonchev–Trinajstić information content (AvgIpc) is 3.13. The number of aryl methyl sites for hydroxylation is 3. The Labute approximate surface area is 147 Å². The monoisotopic (exact) mass is 340 g/mol. The van der Waals surface area contributed by atoms with E-state index in [4.69, 9.17) is 4.42 Å². The van der Waals surface area contributed by atoms with Crippen LogP contribution in [-0.4, -0.2) is 55.9 Å². The van der Waals surface area contributed by atoms with Crippen LogP contribution < -0.4 is 0 Å². The minimum absolute atomic E-state index is 0.788. The number of oxazole rings is 1. The van der Waals surface area contributed by atoms with Crippen molar-refractivity contribution in [3.8, 4) is 0 Å². The molecule has 4 heterocycles. The lowest BCUT2D eigenvalue weighted by atomic mass is 10.3. The Balaban J connectivity index is 1.34. The molecule has 4 rings (SSSR count).